The highest BCUT2D eigenvalue weighted by molar-refractivity contribution is 8.78. The van der Waals surface area contributed by atoms with E-state index < -0.39 is 35.9 Å². The van der Waals surface area contributed by atoms with Gasteiger partial charge in [0.05, 0.1) is 20.3 Å². The van der Waals surface area contributed by atoms with Crippen LogP contribution in [0.15, 0.2) is 40.4 Å². The molecule has 1 aromatic rings. The second-order valence-corrected chi connectivity index (χ2v) is 12.8. The highest BCUT2D eigenvalue weighted by Gasteiger charge is 2.34. The van der Waals surface area contributed by atoms with Crippen LogP contribution in [0.3, 0.4) is 0 Å². The second kappa shape index (κ2) is 23.3. The summed E-state index contributed by atoms with van der Waals surface area (Å²) in [4.78, 5) is 56.2. The van der Waals surface area contributed by atoms with Gasteiger partial charge in [-0.1, -0.05) is 56.7 Å². The number of hydrogen-bond donors (Lipinski definition) is 4. The Morgan fingerprint density at radius 1 is 1.17 bits per heavy atom. The number of hydrazine groups is 1. The molecular formula is C32H51N5O7S2. The van der Waals surface area contributed by atoms with Crippen molar-refractivity contribution in [3.8, 4) is 5.75 Å². The van der Waals surface area contributed by atoms with Gasteiger partial charge >= 0.3 is 5.97 Å². The number of allylic oxidation sites excluding steroid dienone is 1. The minimum atomic E-state index is -1.03. The second-order valence-electron chi connectivity index (χ2n) is 10.3. The number of aromatic hydroxyl groups is 1. The number of phenols is 1. The summed E-state index contributed by atoms with van der Waals surface area (Å²) >= 11 is 0. The van der Waals surface area contributed by atoms with Crippen molar-refractivity contribution in [2.45, 2.75) is 85.4 Å². The molecule has 1 saturated heterocycles. The molecule has 3 amide bonds. The van der Waals surface area contributed by atoms with Gasteiger partial charge in [0, 0.05) is 31.4 Å². The molecule has 1 heterocycles. The van der Waals surface area contributed by atoms with Gasteiger partial charge in [0.2, 0.25) is 11.8 Å². The molecule has 1 aliphatic rings. The molecule has 2 rings (SSSR count). The van der Waals surface area contributed by atoms with Crippen molar-refractivity contribution in [2.75, 3.05) is 32.6 Å². The Balaban J connectivity index is 0.00000518. The average molecular weight is 682 g/mol. The summed E-state index contributed by atoms with van der Waals surface area (Å²) in [7, 11) is 4.45. The normalized spacial score (nSPS) is 16.3. The average Bonchev–Trinajstić information content (AvgIpc) is 3.05. The molecule has 258 valence electrons. The van der Waals surface area contributed by atoms with Crippen LogP contribution in [-0.4, -0.2) is 90.8 Å². The number of hydrogen-bond acceptors (Lipinski definition) is 11. The molecule has 0 aromatic heterocycles. The zero-order valence-electron chi connectivity index (χ0n) is 28.0. The number of methoxy groups -OCH3 is 1. The summed E-state index contributed by atoms with van der Waals surface area (Å²) in [6.45, 7) is 12.4. The molecule has 3 unspecified atom stereocenters. The minimum Gasteiger partial charge on any atom is -0.508 e. The number of ether oxygens (including phenoxy) is 2. The van der Waals surface area contributed by atoms with E-state index in [2.05, 4.69) is 21.1 Å². The van der Waals surface area contributed by atoms with Gasteiger partial charge in [-0.3, -0.25) is 29.2 Å². The van der Waals surface area contributed by atoms with Crippen molar-refractivity contribution in [1.82, 2.24) is 21.1 Å². The summed E-state index contributed by atoms with van der Waals surface area (Å²) in [5.41, 5.74) is 3.54. The summed E-state index contributed by atoms with van der Waals surface area (Å²) in [6, 6.07) is 3.81. The van der Waals surface area contributed by atoms with Crippen LogP contribution in [0.4, 0.5) is 0 Å². The lowest BCUT2D eigenvalue weighted by molar-refractivity contribution is -0.151. The van der Waals surface area contributed by atoms with Crippen LogP contribution >= 0.6 is 21.6 Å². The third-order valence-corrected chi connectivity index (χ3v) is 8.93. The van der Waals surface area contributed by atoms with E-state index in [1.54, 1.807) is 53.8 Å². The van der Waals surface area contributed by atoms with E-state index in [1.165, 1.54) is 24.3 Å². The molecule has 0 aliphatic carbocycles. The Hall–Kier alpha value is -3.07. The summed E-state index contributed by atoms with van der Waals surface area (Å²) < 4.78 is 10.4. The van der Waals surface area contributed by atoms with Crippen LogP contribution in [0.2, 0.25) is 0 Å². The Morgan fingerprint density at radius 2 is 1.91 bits per heavy atom. The molecule has 12 nitrogen and oxygen atoms in total. The molecule has 0 bridgehead atoms. The van der Waals surface area contributed by atoms with E-state index in [9.17, 15) is 24.3 Å². The van der Waals surface area contributed by atoms with E-state index >= 15 is 0 Å². The van der Waals surface area contributed by atoms with Gasteiger partial charge in [-0.05, 0) is 61.1 Å². The van der Waals surface area contributed by atoms with Crippen molar-refractivity contribution < 1.29 is 33.8 Å². The number of benzene rings is 1. The number of carbonyl (C=O) groups excluding carboxylic acids is 4. The van der Waals surface area contributed by atoms with Crippen LogP contribution in [0, 0.1) is 5.92 Å². The van der Waals surface area contributed by atoms with Crippen molar-refractivity contribution in [2.24, 2.45) is 10.9 Å². The summed E-state index contributed by atoms with van der Waals surface area (Å²) in [5.74, 6) is -1.31. The largest absolute Gasteiger partial charge is 0.508 e. The van der Waals surface area contributed by atoms with Gasteiger partial charge in [-0.15, -0.1) is 0 Å². The SMILES string of the molecule is C/C=N\C(=C/C)SSCCOCCC(=O)NC(C(=O)NC(Cc1cccc(O)c1)C(=O)N1CCCC(C(=O)OC)N1)C(C)C.CC. The fourth-order valence-electron chi connectivity index (χ4n) is 4.34. The predicted molar refractivity (Wildman–Crippen MR) is 185 cm³/mol. The molecule has 0 spiro atoms. The van der Waals surface area contributed by atoms with E-state index in [4.69, 9.17) is 9.47 Å². The van der Waals surface area contributed by atoms with Gasteiger partial charge in [0.1, 0.15) is 28.9 Å². The van der Waals surface area contributed by atoms with Crippen LogP contribution in [0.1, 0.15) is 66.4 Å². The molecule has 0 saturated carbocycles. The maximum absolute atomic E-state index is 13.6. The monoisotopic (exact) mass is 681 g/mol. The van der Waals surface area contributed by atoms with Crippen LogP contribution in [-0.2, 0) is 35.1 Å². The van der Waals surface area contributed by atoms with Crippen molar-refractivity contribution in [3.05, 3.63) is 40.9 Å². The molecular weight excluding hydrogens is 631 g/mol. The van der Waals surface area contributed by atoms with Crippen LogP contribution < -0.4 is 16.1 Å². The highest BCUT2D eigenvalue weighted by atomic mass is 33.1. The first-order valence-corrected chi connectivity index (χ1v) is 18.0. The molecule has 14 heteroatoms. The first-order chi connectivity index (χ1) is 22.1. The summed E-state index contributed by atoms with van der Waals surface area (Å²) in [6.07, 6.45) is 4.91. The van der Waals surface area contributed by atoms with Crippen LogP contribution in [0.5, 0.6) is 5.75 Å². The number of nitrogens with zero attached hydrogens (tertiary/aromatic N) is 2. The highest BCUT2D eigenvalue weighted by Crippen LogP contribution is 2.30. The topological polar surface area (TPSA) is 159 Å². The van der Waals surface area contributed by atoms with Gasteiger partial charge in [-0.25, -0.2) is 5.43 Å². The standard InChI is InChI=1S/C30H45N5O7S2.C2H6/c1-6-26(31-7-2)44-43-17-16-42-15-13-25(37)33-27(20(3)4)28(38)32-24(19-21-10-8-11-22(36)18-21)29(39)35-14-9-12-23(34-35)30(40)41-5;1-2/h6-8,10-11,18,20,23-24,27,34,36H,9,12-17,19H2,1-5H3,(H,32,38)(H,33,37);1-2H3/b26-6+,31-7-;. The number of esters is 1. The Kier molecular flexibility index (Phi) is 20.7. The molecule has 0 radical (unpaired) electrons. The number of nitrogens with one attached hydrogen (secondary N) is 3. The third kappa shape index (κ3) is 15.0. The minimum absolute atomic E-state index is 0.0296. The third-order valence-electron chi connectivity index (χ3n) is 6.60. The number of amides is 3. The van der Waals surface area contributed by atoms with Gasteiger partial charge in [0.15, 0.2) is 0 Å². The molecule has 4 N–H and O–H groups in total. The number of aliphatic imine (C=N–C) groups is 1. The smallest absolute Gasteiger partial charge is 0.324 e. The molecule has 1 aromatic carbocycles. The van der Waals surface area contributed by atoms with Crippen LogP contribution in [0.25, 0.3) is 0 Å². The van der Waals surface area contributed by atoms with E-state index in [0.29, 0.717) is 31.6 Å². The molecule has 1 fully saturated rings. The fraction of sp³-hybridized carbons (Fsp3) is 0.594. The lowest BCUT2D eigenvalue weighted by Crippen LogP contribution is -2.62. The molecule has 46 heavy (non-hydrogen) atoms. The zero-order valence-corrected chi connectivity index (χ0v) is 29.7. The fourth-order valence-corrected chi connectivity index (χ4v) is 6.21. The van der Waals surface area contributed by atoms with Crippen molar-refractivity contribution >= 4 is 51.5 Å². The maximum Gasteiger partial charge on any atom is 0.324 e. The number of rotatable bonds is 17. The van der Waals surface area contributed by atoms with Gasteiger partial charge in [0.25, 0.3) is 5.91 Å². The predicted octanol–water partition coefficient (Wildman–Crippen LogP) is 4.00. The first kappa shape index (κ1) is 41.0. The van der Waals surface area contributed by atoms with E-state index in [0.717, 1.165) is 10.8 Å². The van der Waals surface area contributed by atoms with Gasteiger partial charge in [-0.2, -0.15) is 0 Å². The molecule has 1 aliphatic heterocycles. The maximum atomic E-state index is 13.6. The van der Waals surface area contributed by atoms with E-state index in [1.807, 2.05) is 33.8 Å². The summed E-state index contributed by atoms with van der Waals surface area (Å²) in [5, 5.41) is 17.8. The van der Waals surface area contributed by atoms with Gasteiger partial charge < -0.3 is 25.2 Å². The van der Waals surface area contributed by atoms with Crippen molar-refractivity contribution in [1.29, 1.82) is 0 Å². The van der Waals surface area contributed by atoms with Crippen molar-refractivity contribution in [3.63, 3.8) is 0 Å². The Labute approximate surface area is 281 Å². The Bertz CT molecular complexity index is 1170. The first-order valence-electron chi connectivity index (χ1n) is 15.6. The lowest BCUT2D eigenvalue weighted by Gasteiger charge is -2.35. The number of carbonyl (C=O) groups is 4. The zero-order chi connectivity index (χ0) is 34.5. The van der Waals surface area contributed by atoms with E-state index in [-0.39, 0.29) is 37.0 Å². The Morgan fingerprint density at radius 3 is 2.54 bits per heavy atom. The quantitative estimate of drug-likeness (QED) is 0.0820. The lowest BCUT2D eigenvalue weighted by atomic mass is 10.00. The molecule has 3 atom stereocenters. The number of phenolic OH excluding ortho intramolecular Hbond substituents is 1.